The molecule has 0 spiro atoms. The maximum absolute atomic E-state index is 5.69. The van der Waals surface area contributed by atoms with Gasteiger partial charge >= 0.3 is 0 Å². The molecule has 0 atom stereocenters. The standard InChI is InChI=1S/C15H19N7/c16-6-8-22-15(19-20-21-22)14-4-2-1-3-13(14)11-5-7-18-12(9-11)10-17/h1-5,7,9,20-21H,6,8,10,16-17H2. The average Bonchev–Trinajstić information content (AvgIpc) is 3.03. The molecule has 0 saturated carbocycles. The van der Waals surface area contributed by atoms with Gasteiger partial charge in [0.25, 0.3) is 0 Å². The van der Waals surface area contributed by atoms with Gasteiger partial charge in [0.1, 0.15) is 0 Å². The van der Waals surface area contributed by atoms with Gasteiger partial charge in [-0.1, -0.05) is 24.3 Å². The summed E-state index contributed by atoms with van der Waals surface area (Å²) in [4.78, 5) is 4.25. The predicted octanol–water partition coefficient (Wildman–Crippen LogP) is 0.152. The number of benzene rings is 1. The highest BCUT2D eigenvalue weighted by molar-refractivity contribution is 6.04. The van der Waals surface area contributed by atoms with Gasteiger partial charge in [-0.05, 0) is 23.3 Å². The highest BCUT2D eigenvalue weighted by Crippen LogP contribution is 2.25. The van der Waals surface area contributed by atoms with E-state index in [4.69, 9.17) is 11.5 Å². The van der Waals surface area contributed by atoms with Crippen molar-refractivity contribution in [1.82, 2.24) is 21.1 Å². The van der Waals surface area contributed by atoms with Gasteiger partial charge < -0.3 is 11.5 Å². The van der Waals surface area contributed by atoms with Crippen LogP contribution in [0.25, 0.3) is 11.1 Å². The fraction of sp³-hybridized carbons (Fsp3) is 0.200. The van der Waals surface area contributed by atoms with E-state index in [1.165, 1.54) is 0 Å². The molecule has 7 nitrogen and oxygen atoms in total. The molecule has 2 heterocycles. The summed E-state index contributed by atoms with van der Waals surface area (Å²) in [5.74, 6) is 0.812. The molecule has 1 aliphatic heterocycles. The number of nitrogens with one attached hydrogen (secondary N) is 2. The van der Waals surface area contributed by atoms with Crippen molar-refractivity contribution in [3.63, 3.8) is 0 Å². The van der Waals surface area contributed by atoms with Crippen LogP contribution in [0.15, 0.2) is 47.7 Å². The number of amidine groups is 1. The van der Waals surface area contributed by atoms with Gasteiger partial charge in [-0.3, -0.25) is 9.99 Å². The lowest BCUT2D eigenvalue weighted by Crippen LogP contribution is -2.44. The van der Waals surface area contributed by atoms with Crippen LogP contribution in [-0.2, 0) is 6.54 Å². The van der Waals surface area contributed by atoms with E-state index >= 15 is 0 Å². The molecule has 1 aromatic heterocycles. The number of pyridine rings is 1. The van der Waals surface area contributed by atoms with Crippen molar-refractivity contribution in [3.05, 3.63) is 53.9 Å². The molecule has 114 valence electrons. The quantitative estimate of drug-likeness (QED) is 0.626. The summed E-state index contributed by atoms with van der Waals surface area (Å²) in [7, 11) is 0. The zero-order valence-corrected chi connectivity index (χ0v) is 12.2. The molecule has 0 aliphatic carbocycles. The Morgan fingerprint density at radius 1 is 1.09 bits per heavy atom. The Hall–Kier alpha value is -2.48. The third-order valence-corrected chi connectivity index (χ3v) is 3.46. The number of rotatable bonds is 5. The first kappa shape index (κ1) is 14.5. The van der Waals surface area contributed by atoms with Gasteiger partial charge in [0.05, 0.1) is 12.2 Å². The first-order valence-corrected chi connectivity index (χ1v) is 7.14. The zero-order chi connectivity index (χ0) is 15.4. The zero-order valence-electron chi connectivity index (χ0n) is 12.2. The Bertz CT molecular complexity index is 683. The van der Waals surface area contributed by atoms with E-state index in [0.29, 0.717) is 19.6 Å². The van der Waals surface area contributed by atoms with E-state index < -0.39 is 0 Å². The second-order valence-electron chi connectivity index (χ2n) is 4.88. The number of hydrogen-bond donors (Lipinski definition) is 4. The molecular weight excluding hydrogens is 278 g/mol. The third kappa shape index (κ3) is 2.77. The van der Waals surface area contributed by atoms with Crippen molar-refractivity contribution in [2.24, 2.45) is 16.6 Å². The van der Waals surface area contributed by atoms with E-state index in [0.717, 1.165) is 28.2 Å². The molecule has 0 unspecified atom stereocenters. The smallest absolute Gasteiger partial charge is 0.173 e. The predicted molar refractivity (Wildman–Crippen MR) is 86.1 cm³/mol. The summed E-state index contributed by atoms with van der Waals surface area (Å²) in [5.41, 5.74) is 21.1. The number of nitrogens with two attached hydrogens (primary N) is 2. The van der Waals surface area contributed by atoms with Crippen LogP contribution < -0.4 is 22.5 Å². The Balaban J connectivity index is 2.03. The average molecular weight is 297 g/mol. The van der Waals surface area contributed by atoms with Gasteiger partial charge in [-0.2, -0.15) is 0 Å². The van der Waals surface area contributed by atoms with E-state index in [9.17, 15) is 0 Å². The summed E-state index contributed by atoms with van der Waals surface area (Å²) in [5, 5.41) is 6.21. The van der Waals surface area contributed by atoms with Gasteiger partial charge in [0.15, 0.2) is 5.84 Å². The van der Waals surface area contributed by atoms with Crippen LogP contribution in [0.1, 0.15) is 11.3 Å². The normalized spacial score (nSPS) is 13.9. The minimum atomic E-state index is 0.416. The topological polar surface area (TPSA) is 105 Å². The molecule has 0 bridgehead atoms. The Morgan fingerprint density at radius 2 is 1.91 bits per heavy atom. The van der Waals surface area contributed by atoms with Crippen molar-refractivity contribution in [2.75, 3.05) is 13.1 Å². The molecule has 6 N–H and O–H groups in total. The Kier molecular flexibility index (Phi) is 4.29. The first-order valence-electron chi connectivity index (χ1n) is 7.14. The fourth-order valence-corrected chi connectivity index (χ4v) is 2.44. The summed E-state index contributed by atoms with van der Waals surface area (Å²) >= 11 is 0. The van der Waals surface area contributed by atoms with Crippen LogP contribution in [0, 0.1) is 0 Å². The molecule has 0 saturated heterocycles. The van der Waals surface area contributed by atoms with E-state index in [2.05, 4.69) is 27.2 Å². The molecule has 7 heteroatoms. The highest BCUT2D eigenvalue weighted by atomic mass is 15.8. The van der Waals surface area contributed by atoms with Crippen molar-refractivity contribution in [1.29, 1.82) is 0 Å². The van der Waals surface area contributed by atoms with Crippen molar-refractivity contribution in [3.8, 4) is 11.1 Å². The molecule has 1 aliphatic rings. The fourth-order valence-electron chi connectivity index (χ4n) is 2.44. The number of aromatic nitrogens is 1. The van der Waals surface area contributed by atoms with Crippen LogP contribution in [0.2, 0.25) is 0 Å². The SMILES string of the molecule is NCCN1NNN=C1c1ccccc1-c1ccnc(CN)c1. The minimum absolute atomic E-state index is 0.416. The first-order chi connectivity index (χ1) is 10.8. The van der Waals surface area contributed by atoms with Crippen LogP contribution in [-0.4, -0.2) is 28.9 Å². The second kappa shape index (κ2) is 6.52. The summed E-state index contributed by atoms with van der Waals surface area (Å²) in [6.45, 7) is 1.60. The minimum Gasteiger partial charge on any atom is -0.329 e. The summed E-state index contributed by atoms with van der Waals surface area (Å²) in [6, 6.07) is 12.1. The van der Waals surface area contributed by atoms with Crippen LogP contribution in [0.4, 0.5) is 0 Å². The van der Waals surface area contributed by atoms with E-state index in [-0.39, 0.29) is 0 Å². The van der Waals surface area contributed by atoms with Gasteiger partial charge in [0, 0.05) is 24.8 Å². The van der Waals surface area contributed by atoms with Crippen LogP contribution >= 0.6 is 0 Å². The van der Waals surface area contributed by atoms with Crippen molar-refractivity contribution >= 4 is 5.84 Å². The lowest BCUT2D eigenvalue weighted by Gasteiger charge is -2.19. The molecule has 0 radical (unpaired) electrons. The van der Waals surface area contributed by atoms with Crippen molar-refractivity contribution < 1.29 is 0 Å². The lowest BCUT2D eigenvalue weighted by atomic mass is 9.99. The number of hydrazone groups is 1. The van der Waals surface area contributed by atoms with Crippen molar-refractivity contribution in [2.45, 2.75) is 6.54 Å². The number of nitrogens with zero attached hydrogens (tertiary/aromatic N) is 3. The van der Waals surface area contributed by atoms with Gasteiger partial charge in [0.2, 0.25) is 0 Å². The van der Waals surface area contributed by atoms with Crippen LogP contribution in [0.5, 0.6) is 0 Å². The largest absolute Gasteiger partial charge is 0.329 e. The van der Waals surface area contributed by atoms with E-state index in [1.54, 1.807) is 6.20 Å². The molecular formula is C15H19N7. The lowest BCUT2D eigenvalue weighted by molar-refractivity contribution is 0.302. The molecule has 3 rings (SSSR count). The summed E-state index contributed by atoms with van der Waals surface area (Å²) < 4.78 is 0. The Morgan fingerprint density at radius 3 is 2.68 bits per heavy atom. The number of hydrazine groups is 2. The van der Waals surface area contributed by atoms with E-state index in [1.807, 2.05) is 35.3 Å². The molecule has 22 heavy (non-hydrogen) atoms. The van der Waals surface area contributed by atoms with Gasteiger partial charge in [-0.25, -0.2) is 5.53 Å². The molecule has 2 aromatic rings. The maximum atomic E-state index is 5.69. The van der Waals surface area contributed by atoms with Gasteiger partial charge in [-0.15, -0.1) is 10.6 Å². The third-order valence-electron chi connectivity index (χ3n) is 3.46. The highest BCUT2D eigenvalue weighted by Gasteiger charge is 2.21. The number of hydrogen-bond acceptors (Lipinski definition) is 7. The molecule has 0 amide bonds. The monoisotopic (exact) mass is 297 g/mol. The maximum Gasteiger partial charge on any atom is 0.173 e. The molecule has 0 fully saturated rings. The van der Waals surface area contributed by atoms with Crippen LogP contribution in [0.3, 0.4) is 0 Å². The summed E-state index contributed by atoms with van der Waals surface area (Å²) in [6.07, 6.45) is 1.78. The Labute approximate surface area is 129 Å². The second-order valence-corrected chi connectivity index (χ2v) is 4.88. The molecule has 1 aromatic carbocycles.